The smallest absolute Gasteiger partial charge is 0.243 e. The van der Waals surface area contributed by atoms with E-state index >= 15 is 0 Å². The van der Waals surface area contributed by atoms with E-state index in [9.17, 15) is 4.79 Å². The van der Waals surface area contributed by atoms with E-state index in [1.165, 1.54) is 0 Å². The van der Waals surface area contributed by atoms with Crippen LogP contribution in [0.25, 0.3) is 0 Å². The number of methoxy groups -OCH3 is 1. The molecule has 7 heteroatoms. The molecule has 0 aromatic rings. The number of ether oxygens (including phenoxy) is 1. The van der Waals surface area contributed by atoms with Crippen molar-refractivity contribution in [3.8, 4) is 0 Å². The van der Waals surface area contributed by atoms with Crippen LogP contribution < -0.4 is 5.32 Å². The van der Waals surface area contributed by atoms with Gasteiger partial charge in [0.1, 0.15) is 6.54 Å². The van der Waals surface area contributed by atoms with Crippen LogP contribution in [0, 0.1) is 11.8 Å². The van der Waals surface area contributed by atoms with E-state index in [2.05, 4.69) is 29.1 Å². The van der Waals surface area contributed by atoms with Gasteiger partial charge in [-0.3, -0.25) is 4.79 Å². The molecule has 6 nitrogen and oxygen atoms in total. The number of halogens is 1. The van der Waals surface area contributed by atoms with Gasteiger partial charge < -0.3 is 19.9 Å². The second-order valence-electron chi connectivity index (χ2n) is 6.04. The van der Waals surface area contributed by atoms with E-state index in [1.807, 2.05) is 0 Å². The zero-order valence-electron chi connectivity index (χ0n) is 14.5. The van der Waals surface area contributed by atoms with Crippen LogP contribution in [0.4, 0.5) is 0 Å². The van der Waals surface area contributed by atoms with Crippen LogP contribution in [0.2, 0.25) is 0 Å². The fraction of sp³-hybridized carbons (Fsp3) is 0.867. The van der Waals surface area contributed by atoms with Crippen LogP contribution in [0.1, 0.15) is 20.3 Å². The zero-order valence-corrected chi connectivity index (χ0v) is 16.8. The summed E-state index contributed by atoms with van der Waals surface area (Å²) in [5, 5.41) is 3.30. The van der Waals surface area contributed by atoms with Crippen LogP contribution in [0.3, 0.4) is 0 Å². The van der Waals surface area contributed by atoms with Gasteiger partial charge in [-0.15, -0.1) is 24.0 Å². The molecule has 0 bridgehead atoms. The molecule has 0 aromatic heterocycles. The van der Waals surface area contributed by atoms with Gasteiger partial charge in [-0.1, -0.05) is 13.8 Å². The number of piperidine rings is 1. The first-order valence-electron chi connectivity index (χ1n) is 7.68. The van der Waals surface area contributed by atoms with E-state index in [0.717, 1.165) is 31.4 Å². The second kappa shape index (κ2) is 11.0. The molecule has 0 aliphatic carbocycles. The molecule has 130 valence electrons. The third-order valence-electron chi connectivity index (χ3n) is 4.09. The highest BCUT2D eigenvalue weighted by Gasteiger charge is 2.24. The summed E-state index contributed by atoms with van der Waals surface area (Å²) < 4.78 is 5.07. The Kier molecular flexibility index (Phi) is 10.8. The van der Waals surface area contributed by atoms with Gasteiger partial charge in [-0.2, -0.15) is 0 Å². The van der Waals surface area contributed by atoms with Crippen molar-refractivity contribution < 1.29 is 9.53 Å². The maximum atomic E-state index is 11.7. The lowest BCUT2D eigenvalue weighted by Crippen LogP contribution is -2.49. The van der Waals surface area contributed by atoms with Crippen molar-refractivity contribution in [1.82, 2.24) is 15.1 Å². The monoisotopic (exact) mass is 426 g/mol. The Bertz CT molecular complexity index is 363. The number of carbonyl (C=O) groups is 1. The molecule has 1 heterocycles. The number of carbonyl (C=O) groups excluding carboxylic acids is 1. The summed E-state index contributed by atoms with van der Waals surface area (Å²) in [5.41, 5.74) is 0. The average Bonchev–Trinajstić information content (AvgIpc) is 2.45. The maximum absolute atomic E-state index is 11.7. The SMILES string of the molecule is COCCNC(=NCC(=O)N(C)C)N1CCC(C)C(C)C1.I. The van der Waals surface area contributed by atoms with Crippen molar-refractivity contribution in [3.63, 3.8) is 0 Å². The van der Waals surface area contributed by atoms with Crippen molar-refractivity contribution in [1.29, 1.82) is 0 Å². The van der Waals surface area contributed by atoms with E-state index in [0.29, 0.717) is 19.1 Å². The third-order valence-corrected chi connectivity index (χ3v) is 4.09. The number of likely N-dealkylation sites (N-methyl/N-ethyl adjacent to an activating group) is 1. The number of nitrogens with one attached hydrogen (secondary N) is 1. The molecule has 1 N–H and O–H groups in total. The summed E-state index contributed by atoms with van der Waals surface area (Å²) in [5.74, 6) is 2.21. The Balaban J connectivity index is 0.00000441. The predicted molar refractivity (Wildman–Crippen MR) is 101 cm³/mol. The van der Waals surface area contributed by atoms with Crippen LogP contribution in [0.5, 0.6) is 0 Å². The van der Waals surface area contributed by atoms with E-state index < -0.39 is 0 Å². The minimum Gasteiger partial charge on any atom is -0.383 e. The minimum atomic E-state index is 0. The molecule has 1 aliphatic rings. The van der Waals surface area contributed by atoms with Crippen LogP contribution >= 0.6 is 24.0 Å². The van der Waals surface area contributed by atoms with Gasteiger partial charge in [0, 0.05) is 40.8 Å². The lowest BCUT2D eigenvalue weighted by Gasteiger charge is -2.37. The largest absolute Gasteiger partial charge is 0.383 e. The lowest BCUT2D eigenvalue weighted by atomic mass is 9.89. The molecule has 0 aromatic carbocycles. The highest BCUT2D eigenvalue weighted by Crippen LogP contribution is 2.22. The summed E-state index contributed by atoms with van der Waals surface area (Å²) in [6, 6.07) is 0. The summed E-state index contributed by atoms with van der Waals surface area (Å²) in [6.45, 7) is 8.05. The fourth-order valence-corrected chi connectivity index (χ4v) is 2.27. The van der Waals surface area contributed by atoms with Gasteiger partial charge in [-0.05, 0) is 18.3 Å². The van der Waals surface area contributed by atoms with Crippen LogP contribution in [-0.4, -0.2) is 75.7 Å². The van der Waals surface area contributed by atoms with Crippen molar-refractivity contribution in [2.75, 3.05) is 54.0 Å². The Morgan fingerprint density at radius 2 is 2.05 bits per heavy atom. The Labute approximate surface area is 151 Å². The first kappa shape index (κ1) is 21.4. The van der Waals surface area contributed by atoms with Gasteiger partial charge in [0.15, 0.2) is 5.96 Å². The quantitative estimate of drug-likeness (QED) is 0.311. The molecule has 1 amide bonds. The number of guanidine groups is 1. The Morgan fingerprint density at radius 3 is 2.59 bits per heavy atom. The average molecular weight is 426 g/mol. The maximum Gasteiger partial charge on any atom is 0.243 e. The van der Waals surface area contributed by atoms with Gasteiger partial charge in [0.2, 0.25) is 5.91 Å². The molecule has 0 radical (unpaired) electrons. The summed E-state index contributed by atoms with van der Waals surface area (Å²) in [6.07, 6.45) is 1.16. The first-order valence-corrected chi connectivity index (χ1v) is 7.68. The molecule has 0 spiro atoms. The van der Waals surface area contributed by atoms with E-state index in [1.54, 1.807) is 26.1 Å². The number of likely N-dealkylation sites (tertiary alicyclic amines) is 1. The number of hydrogen-bond donors (Lipinski definition) is 1. The fourth-order valence-electron chi connectivity index (χ4n) is 2.27. The predicted octanol–water partition coefficient (Wildman–Crippen LogP) is 1.26. The van der Waals surface area contributed by atoms with E-state index in [-0.39, 0.29) is 36.4 Å². The number of hydrogen-bond acceptors (Lipinski definition) is 3. The summed E-state index contributed by atoms with van der Waals surface area (Å²) in [7, 11) is 5.18. The minimum absolute atomic E-state index is 0. The molecule has 0 saturated carbocycles. The molecular weight excluding hydrogens is 395 g/mol. The first-order chi connectivity index (χ1) is 9.95. The normalized spacial score (nSPS) is 22.0. The lowest BCUT2D eigenvalue weighted by molar-refractivity contribution is -0.127. The molecule has 1 fully saturated rings. The molecule has 1 saturated heterocycles. The van der Waals surface area contributed by atoms with Gasteiger partial charge in [0.05, 0.1) is 6.61 Å². The highest BCUT2D eigenvalue weighted by molar-refractivity contribution is 14.0. The Hall–Kier alpha value is -0.570. The van der Waals surface area contributed by atoms with E-state index in [4.69, 9.17) is 4.74 Å². The topological polar surface area (TPSA) is 57.2 Å². The number of nitrogens with zero attached hydrogens (tertiary/aromatic N) is 3. The molecule has 1 rings (SSSR count). The molecular formula is C15H31IN4O2. The molecule has 2 unspecified atom stereocenters. The third kappa shape index (κ3) is 7.13. The number of rotatable bonds is 5. The van der Waals surface area contributed by atoms with Gasteiger partial charge in [0.25, 0.3) is 0 Å². The van der Waals surface area contributed by atoms with Crippen molar-refractivity contribution in [3.05, 3.63) is 0 Å². The van der Waals surface area contributed by atoms with Crippen molar-refractivity contribution in [2.24, 2.45) is 16.8 Å². The summed E-state index contributed by atoms with van der Waals surface area (Å²) in [4.78, 5) is 20.0. The molecule has 22 heavy (non-hydrogen) atoms. The van der Waals surface area contributed by atoms with Crippen molar-refractivity contribution in [2.45, 2.75) is 20.3 Å². The van der Waals surface area contributed by atoms with Gasteiger partial charge in [-0.25, -0.2) is 4.99 Å². The van der Waals surface area contributed by atoms with Gasteiger partial charge >= 0.3 is 0 Å². The Morgan fingerprint density at radius 1 is 1.36 bits per heavy atom. The standard InChI is InChI=1S/C15H30N4O2.HI/c1-12-6-8-19(11-13(12)2)15(16-7-9-21-5)17-10-14(20)18(3)4;/h12-13H,6-11H2,1-5H3,(H,16,17);1H. The van der Waals surface area contributed by atoms with Crippen LogP contribution in [0.15, 0.2) is 4.99 Å². The highest BCUT2D eigenvalue weighted by atomic mass is 127. The summed E-state index contributed by atoms with van der Waals surface area (Å²) >= 11 is 0. The number of amides is 1. The van der Waals surface area contributed by atoms with Crippen LogP contribution in [-0.2, 0) is 9.53 Å². The molecule has 1 aliphatic heterocycles. The molecule has 2 atom stereocenters. The number of aliphatic imine (C=N–C) groups is 1. The zero-order chi connectivity index (χ0) is 15.8. The van der Waals surface area contributed by atoms with Crippen molar-refractivity contribution >= 4 is 35.8 Å². The second-order valence-corrected chi connectivity index (χ2v) is 6.04.